The number of anilines is 1. The van der Waals surface area contributed by atoms with Crippen molar-refractivity contribution in [1.29, 1.82) is 0 Å². The minimum atomic E-state index is 0.809. The normalized spacial score (nSPS) is 16.6. The summed E-state index contributed by atoms with van der Waals surface area (Å²) >= 11 is 0. The Hall–Kier alpha value is -1.10. The molecular weight excluding hydrogens is 262 g/mol. The van der Waals surface area contributed by atoms with Crippen LogP contribution in [0.4, 0.5) is 5.95 Å². The van der Waals surface area contributed by atoms with Gasteiger partial charge in [0.2, 0.25) is 5.95 Å². The Morgan fingerprint density at radius 1 is 1.19 bits per heavy atom. The lowest BCUT2D eigenvalue weighted by molar-refractivity contribution is 0.391. The van der Waals surface area contributed by atoms with Crippen LogP contribution in [0, 0.1) is 5.92 Å². The Bertz CT molecular complexity index is 382. The van der Waals surface area contributed by atoms with Gasteiger partial charge in [-0.1, -0.05) is 32.6 Å². The summed E-state index contributed by atoms with van der Waals surface area (Å²) in [5.41, 5.74) is 0. The molecule has 0 amide bonds. The highest BCUT2D eigenvalue weighted by molar-refractivity contribution is 5.29. The topological polar surface area (TPSA) is 56.8 Å². The monoisotopic (exact) mass is 293 g/mol. The van der Waals surface area contributed by atoms with Gasteiger partial charge in [0.15, 0.2) is 0 Å². The third-order valence-electron chi connectivity index (χ3n) is 4.43. The number of nitrogens with one attached hydrogen (secondary N) is 2. The molecule has 0 aliphatic carbocycles. The van der Waals surface area contributed by atoms with Crippen LogP contribution in [0.5, 0.6) is 0 Å². The van der Waals surface area contributed by atoms with Crippen molar-refractivity contribution in [2.75, 3.05) is 31.6 Å². The molecule has 0 unspecified atom stereocenters. The van der Waals surface area contributed by atoms with Gasteiger partial charge in [0.05, 0.1) is 0 Å². The average molecular weight is 293 g/mol. The van der Waals surface area contributed by atoms with Crippen LogP contribution in [0.25, 0.3) is 0 Å². The maximum Gasteiger partial charge on any atom is 0.244 e. The van der Waals surface area contributed by atoms with E-state index in [1.165, 1.54) is 44.9 Å². The zero-order valence-electron chi connectivity index (χ0n) is 13.7. The second-order valence-corrected chi connectivity index (χ2v) is 6.23. The number of hydrogen-bond acceptors (Lipinski definition) is 4. The molecule has 1 aliphatic rings. The van der Waals surface area contributed by atoms with E-state index >= 15 is 0 Å². The summed E-state index contributed by atoms with van der Waals surface area (Å²) in [7, 11) is 2.04. The summed E-state index contributed by atoms with van der Waals surface area (Å²) in [6, 6.07) is 0. The first-order chi connectivity index (χ1) is 10.3. The number of unbranched alkanes of at least 4 members (excludes halogenated alkanes) is 4. The van der Waals surface area contributed by atoms with Crippen LogP contribution >= 0.6 is 0 Å². The number of hydrogen-bond donors (Lipinski definition) is 2. The van der Waals surface area contributed by atoms with E-state index in [0.717, 1.165) is 43.7 Å². The molecule has 0 radical (unpaired) electrons. The maximum atomic E-state index is 4.67. The molecule has 2 rings (SSSR count). The number of aryl methyl sites for hydroxylation is 1. The van der Waals surface area contributed by atoms with Crippen molar-refractivity contribution in [2.24, 2.45) is 5.92 Å². The SMILES string of the molecule is CCCCCCCc1nc(N2CCC(CNC)CC2)n[nH]1. The summed E-state index contributed by atoms with van der Waals surface area (Å²) in [5, 5.41) is 10.8. The van der Waals surface area contributed by atoms with Crippen LogP contribution in [0.3, 0.4) is 0 Å². The van der Waals surface area contributed by atoms with Crippen LogP contribution in [0.2, 0.25) is 0 Å². The van der Waals surface area contributed by atoms with Crippen molar-refractivity contribution in [3.8, 4) is 0 Å². The molecule has 0 saturated carbocycles. The largest absolute Gasteiger partial charge is 0.340 e. The van der Waals surface area contributed by atoms with Gasteiger partial charge in [0.1, 0.15) is 5.82 Å². The Labute approximate surface area is 128 Å². The van der Waals surface area contributed by atoms with Crippen molar-refractivity contribution >= 4 is 5.95 Å². The van der Waals surface area contributed by atoms with Crippen molar-refractivity contribution in [1.82, 2.24) is 20.5 Å². The highest BCUT2D eigenvalue weighted by atomic mass is 15.4. The first kappa shape index (κ1) is 16.3. The Morgan fingerprint density at radius 3 is 2.67 bits per heavy atom. The minimum absolute atomic E-state index is 0.809. The van der Waals surface area contributed by atoms with E-state index in [1.54, 1.807) is 0 Å². The van der Waals surface area contributed by atoms with Crippen molar-refractivity contribution in [3.63, 3.8) is 0 Å². The van der Waals surface area contributed by atoms with E-state index in [1.807, 2.05) is 7.05 Å². The summed E-state index contributed by atoms with van der Waals surface area (Å²) < 4.78 is 0. The third-order valence-corrected chi connectivity index (χ3v) is 4.43. The van der Waals surface area contributed by atoms with Gasteiger partial charge < -0.3 is 10.2 Å². The second-order valence-electron chi connectivity index (χ2n) is 6.23. The standard InChI is InChI=1S/C16H31N5/c1-3-4-5-6-7-8-15-18-16(20-19-15)21-11-9-14(10-12-21)13-17-2/h14,17H,3-13H2,1-2H3,(H,18,19,20). The molecule has 0 aromatic carbocycles. The molecule has 0 bridgehead atoms. The van der Waals surface area contributed by atoms with Crippen LogP contribution in [-0.2, 0) is 6.42 Å². The van der Waals surface area contributed by atoms with Gasteiger partial charge in [-0.2, -0.15) is 4.98 Å². The third kappa shape index (κ3) is 5.30. The predicted octanol–water partition coefficient (Wildman–Crippen LogP) is 2.75. The second kappa shape index (κ2) is 9.03. The highest BCUT2D eigenvalue weighted by Crippen LogP contribution is 2.20. The molecule has 120 valence electrons. The lowest BCUT2D eigenvalue weighted by atomic mass is 9.97. The molecular formula is C16H31N5. The fourth-order valence-corrected chi connectivity index (χ4v) is 3.06. The predicted molar refractivity (Wildman–Crippen MR) is 87.7 cm³/mol. The molecule has 0 spiro atoms. The molecule has 1 fully saturated rings. The average Bonchev–Trinajstić information content (AvgIpc) is 2.97. The van der Waals surface area contributed by atoms with E-state index < -0.39 is 0 Å². The minimum Gasteiger partial charge on any atom is -0.340 e. The summed E-state index contributed by atoms with van der Waals surface area (Å²) in [4.78, 5) is 6.99. The number of aromatic amines is 1. The van der Waals surface area contributed by atoms with E-state index in [4.69, 9.17) is 0 Å². The molecule has 5 heteroatoms. The summed E-state index contributed by atoms with van der Waals surface area (Å²) in [6.45, 7) is 5.55. The number of nitrogens with zero attached hydrogens (tertiary/aromatic N) is 3. The van der Waals surface area contributed by atoms with Crippen molar-refractivity contribution in [2.45, 2.75) is 58.3 Å². The lowest BCUT2D eigenvalue weighted by Gasteiger charge is -2.30. The molecule has 2 N–H and O–H groups in total. The van der Waals surface area contributed by atoms with Gasteiger partial charge in [0.25, 0.3) is 0 Å². The van der Waals surface area contributed by atoms with Crippen LogP contribution in [0.1, 0.15) is 57.7 Å². The fourth-order valence-electron chi connectivity index (χ4n) is 3.06. The van der Waals surface area contributed by atoms with E-state index in [2.05, 4.69) is 32.3 Å². The van der Waals surface area contributed by atoms with Crippen LogP contribution in [-0.4, -0.2) is 41.9 Å². The number of rotatable bonds is 9. The molecule has 0 atom stereocenters. The molecule has 21 heavy (non-hydrogen) atoms. The zero-order chi connectivity index (χ0) is 14.9. The summed E-state index contributed by atoms with van der Waals surface area (Å²) in [5.74, 6) is 2.77. The molecule has 1 saturated heterocycles. The van der Waals surface area contributed by atoms with Gasteiger partial charge in [-0.3, -0.25) is 5.10 Å². The Balaban J connectivity index is 1.70. The smallest absolute Gasteiger partial charge is 0.244 e. The zero-order valence-corrected chi connectivity index (χ0v) is 13.7. The first-order valence-corrected chi connectivity index (χ1v) is 8.64. The lowest BCUT2D eigenvalue weighted by Crippen LogP contribution is -2.37. The van der Waals surface area contributed by atoms with Crippen LogP contribution < -0.4 is 10.2 Å². The first-order valence-electron chi connectivity index (χ1n) is 8.64. The van der Waals surface area contributed by atoms with Gasteiger partial charge in [-0.05, 0) is 38.8 Å². The molecule has 1 aromatic rings. The molecule has 1 aliphatic heterocycles. The molecule has 1 aromatic heterocycles. The molecule has 5 nitrogen and oxygen atoms in total. The van der Waals surface area contributed by atoms with Gasteiger partial charge in [0, 0.05) is 19.5 Å². The number of H-pyrrole nitrogens is 1. The van der Waals surface area contributed by atoms with Gasteiger partial charge >= 0.3 is 0 Å². The fraction of sp³-hybridized carbons (Fsp3) is 0.875. The Kier molecular flexibility index (Phi) is 7.00. The number of piperidine rings is 1. The van der Waals surface area contributed by atoms with E-state index in [-0.39, 0.29) is 0 Å². The van der Waals surface area contributed by atoms with Crippen LogP contribution in [0.15, 0.2) is 0 Å². The highest BCUT2D eigenvalue weighted by Gasteiger charge is 2.21. The quantitative estimate of drug-likeness (QED) is 0.687. The van der Waals surface area contributed by atoms with Crippen molar-refractivity contribution in [3.05, 3.63) is 5.82 Å². The van der Waals surface area contributed by atoms with Crippen molar-refractivity contribution < 1.29 is 0 Å². The van der Waals surface area contributed by atoms with Gasteiger partial charge in [-0.25, -0.2) is 0 Å². The summed E-state index contributed by atoms with van der Waals surface area (Å²) in [6.07, 6.45) is 10.0. The van der Waals surface area contributed by atoms with Gasteiger partial charge in [-0.15, -0.1) is 5.10 Å². The molecule has 2 heterocycles. The number of aromatic nitrogens is 3. The maximum absolute atomic E-state index is 4.67. The van der Waals surface area contributed by atoms with E-state index in [9.17, 15) is 0 Å². The van der Waals surface area contributed by atoms with E-state index in [0.29, 0.717) is 0 Å². The Morgan fingerprint density at radius 2 is 1.95 bits per heavy atom.